The van der Waals surface area contributed by atoms with Crippen molar-refractivity contribution < 1.29 is 13.9 Å². The van der Waals surface area contributed by atoms with Crippen LogP contribution in [0.25, 0.3) is 0 Å². The highest BCUT2D eigenvalue weighted by Crippen LogP contribution is 2.24. The lowest BCUT2D eigenvalue weighted by Gasteiger charge is -2.15. The van der Waals surface area contributed by atoms with E-state index < -0.39 is 0 Å². The van der Waals surface area contributed by atoms with E-state index in [1.807, 2.05) is 0 Å². The van der Waals surface area contributed by atoms with Crippen molar-refractivity contribution >= 4 is 5.91 Å². The quantitative estimate of drug-likeness (QED) is 0.870. The summed E-state index contributed by atoms with van der Waals surface area (Å²) in [4.78, 5) is 12.9. The SMILES string of the molecule is C[C@H](N)c1ccc(F)cc1OCCC(=O)N(C)C. The number of ether oxygens (including phenoxy) is 1. The zero-order valence-corrected chi connectivity index (χ0v) is 10.9. The fourth-order valence-corrected chi connectivity index (χ4v) is 1.48. The van der Waals surface area contributed by atoms with Gasteiger partial charge in [-0.15, -0.1) is 0 Å². The van der Waals surface area contributed by atoms with Gasteiger partial charge in [0.15, 0.2) is 0 Å². The minimum absolute atomic E-state index is 0.0336. The number of nitrogens with two attached hydrogens (primary N) is 1. The molecule has 0 heterocycles. The Balaban J connectivity index is 2.66. The van der Waals surface area contributed by atoms with Gasteiger partial charge in [0.2, 0.25) is 5.91 Å². The third kappa shape index (κ3) is 4.00. The number of benzene rings is 1. The zero-order valence-electron chi connectivity index (χ0n) is 10.9. The first-order valence-corrected chi connectivity index (χ1v) is 5.79. The number of carbonyl (C=O) groups excluding carboxylic acids is 1. The van der Waals surface area contributed by atoms with Crippen LogP contribution in [0.4, 0.5) is 4.39 Å². The first-order valence-electron chi connectivity index (χ1n) is 5.79. The number of hydrogen-bond donors (Lipinski definition) is 1. The predicted molar refractivity (Wildman–Crippen MR) is 67.8 cm³/mol. The zero-order chi connectivity index (χ0) is 13.7. The van der Waals surface area contributed by atoms with Crippen LogP contribution >= 0.6 is 0 Å². The Hall–Kier alpha value is -1.62. The molecular formula is C13H19FN2O2. The van der Waals surface area contributed by atoms with Crippen LogP contribution in [0.5, 0.6) is 5.75 Å². The van der Waals surface area contributed by atoms with Crippen molar-refractivity contribution in [2.24, 2.45) is 5.73 Å². The summed E-state index contributed by atoms with van der Waals surface area (Å²) < 4.78 is 18.6. The van der Waals surface area contributed by atoms with Crippen molar-refractivity contribution in [2.75, 3.05) is 20.7 Å². The van der Waals surface area contributed by atoms with Gasteiger partial charge >= 0.3 is 0 Å². The van der Waals surface area contributed by atoms with Crippen molar-refractivity contribution in [3.8, 4) is 5.75 Å². The van der Waals surface area contributed by atoms with Crippen LogP contribution in [0, 0.1) is 5.82 Å². The molecule has 1 aromatic rings. The normalized spacial score (nSPS) is 12.1. The predicted octanol–water partition coefficient (Wildman–Crippen LogP) is 1.70. The van der Waals surface area contributed by atoms with Gasteiger partial charge in [0.25, 0.3) is 0 Å². The Morgan fingerprint density at radius 2 is 2.17 bits per heavy atom. The van der Waals surface area contributed by atoms with E-state index in [1.54, 1.807) is 27.1 Å². The summed E-state index contributed by atoms with van der Waals surface area (Å²) in [6.45, 7) is 2.01. The lowest BCUT2D eigenvalue weighted by molar-refractivity contribution is -0.129. The second-order valence-electron chi connectivity index (χ2n) is 4.36. The summed E-state index contributed by atoms with van der Waals surface area (Å²) >= 11 is 0. The summed E-state index contributed by atoms with van der Waals surface area (Å²) in [7, 11) is 3.36. The van der Waals surface area contributed by atoms with Crippen LogP contribution in [0.1, 0.15) is 24.9 Å². The average Bonchev–Trinajstić information content (AvgIpc) is 2.28. The Bertz CT molecular complexity index is 419. The van der Waals surface area contributed by atoms with Crippen molar-refractivity contribution in [1.29, 1.82) is 0 Å². The summed E-state index contributed by atoms with van der Waals surface area (Å²) in [5.41, 5.74) is 6.50. The molecule has 1 aromatic carbocycles. The number of carbonyl (C=O) groups is 1. The largest absolute Gasteiger partial charge is 0.493 e. The molecule has 0 saturated carbocycles. The Morgan fingerprint density at radius 1 is 1.50 bits per heavy atom. The molecule has 4 nitrogen and oxygen atoms in total. The third-order valence-electron chi connectivity index (χ3n) is 2.54. The maximum absolute atomic E-state index is 13.1. The Morgan fingerprint density at radius 3 is 2.72 bits per heavy atom. The molecule has 1 atom stereocenters. The van der Waals surface area contributed by atoms with E-state index in [9.17, 15) is 9.18 Å². The van der Waals surface area contributed by atoms with Gasteiger partial charge in [0, 0.05) is 31.8 Å². The average molecular weight is 254 g/mol. The second-order valence-corrected chi connectivity index (χ2v) is 4.36. The van der Waals surface area contributed by atoms with Crippen molar-refractivity contribution in [3.05, 3.63) is 29.6 Å². The Kier molecular flexibility index (Phi) is 5.09. The fraction of sp³-hybridized carbons (Fsp3) is 0.462. The molecule has 0 radical (unpaired) electrons. The molecule has 0 saturated heterocycles. The number of hydrogen-bond acceptors (Lipinski definition) is 3. The molecule has 0 aliphatic heterocycles. The molecule has 100 valence electrons. The maximum Gasteiger partial charge on any atom is 0.225 e. The van der Waals surface area contributed by atoms with Gasteiger partial charge in [-0.2, -0.15) is 0 Å². The highest BCUT2D eigenvalue weighted by atomic mass is 19.1. The summed E-state index contributed by atoms with van der Waals surface area (Å²) in [5, 5.41) is 0. The lowest BCUT2D eigenvalue weighted by atomic mass is 10.1. The van der Waals surface area contributed by atoms with Crippen molar-refractivity contribution in [1.82, 2.24) is 4.90 Å². The second kappa shape index (κ2) is 6.35. The van der Waals surface area contributed by atoms with E-state index in [2.05, 4.69) is 0 Å². The third-order valence-corrected chi connectivity index (χ3v) is 2.54. The van der Waals surface area contributed by atoms with Crippen molar-refractivity contribution in [2.45, 2.75) is 19.4 Å². The first kappa shape index (κ1) is 14.4. The van der Waals surface area contributed by atoms with E-state index in [4.69, 9.17) is 10.5 Å². The lowest BCUT2D eigenvalue weighted by Crippen LogP contribution is -2.23. The fourth-order valence-electron chi connectivity index (χ4n) is 1.48. The molecule has 5 heteroatoms. The molecule has 1 rings (SSSR count). The van der Waals surface area contributed by atoms with Gasteiger partial charge in [-0.1, -0.05) is 6.07 Å². The number of nitrogens with zero attached hydrogens (tertiary/aromatic N) is 1. The van der Waals surface area contributed by atoms with Crippen LogP contribution < -0.4 is 10.5 Å². The summed E-state index contributed by atoms with van der Waals surface area (Å²) in [5.74, 6) is -0.0151. The topological polar surface area (TPSA) is 55.6 Å². The molecule has 1 amide bonds. The van der Waals surface area contributed by atoms with Crippen molar-refractivity contribution in [3.63, 3.8) is 0 Å². The van der Waals surface area contributed by atoms with Gasteiger partial charge in [0.1, 0.15) is 11.6 Å². The Labute approximate surface area is 107 Å². The van der Waals surface area contributed by atoms with E-state index >= 15 is 0 Å². The van der Waals surface area contributed by atoms with Gasteiger partial charge in [-0.25, -0.2) is 4.39 Å². The molecule has 0 aromatic heterocycles. The van der Waals surface area contributed by atoms with E-state index in [-0.39, 0.29) is 30.8 Å². The molecule has 2 N–H and O–H groups in total. The molecule has 0 aliphatic carbocycles. The smallest absolute Gasteiger partial charge is 0.225 e. The highest BCUT2D eigenvalue weighted by molar-refractivity contribution is 5.75. The molecule has 0 unspecified atom stereocenters. The summed E-state index contributed by atoms with van der Waals surface area (Å²) in [6.07, 6.45) is 0.252. The van der Waals surface area contributed by atoms with Crippen LogP contribution in [0.3, 0.4) is 0 Å². The molecule has 0 bridgehead atoms. The highest BCUT2D eigenvalue weighted by Gasteiger charge is 2.10. The molecule has 0 fully saturated rings. The van der Waals surface area contributed by atoms with Gasteiger partial charge in [-0.3, -0.25) is 4.79 Å². The van der Waals surface area contributed by atoms with Gasteiger partial charge < -0.3 is 15.4 Å². The van der Waals surface area contributed by atoms with Gasteiger partial charge in [-0.05, 0) is 13.0 Å². The van der Waals surface area contributed by atoms with Crippen LogP contribution in [0.2, 0.25) is 0 Å². The molecule has 0 spiro atoms. The van der Waals surface area contributed by atoms with Crippen LogP contribution in [-0.4, -0.2) is 31.5 Å². The first-order chi connectivity index (χ1) is 8.41. The number of halogens is 1. The summed E-state index contributed by atoms with van der Waals surface area (Å²) in [6, 6.07) is 3.99. The molecule has 0 aliphatic rings. The number of amides is 1. The minimum Gasteiger partial charge on any atom is -0.493 e. The molecule has 18 heavy (non-hydrogen) atoms. The monoisotopic (exact) mass is 254 g/mol. The number of rotatable bonds is 5. The van der Waals surface area contributed by atoms with Crippen LogP contribution in [-0.2, 0) is 4.79 Å². The van der Waals surface area contributed by atoms with E-state index in [0.717, 1.165) is 5.56 Å². The van der Waals surface area contributed by atoms with E-state index in [1.165, 1.54) is 17.0 Å². The van der Waals surface area contributed by atoms with Gasteiger partial charge in [0.05, 0.1) is 13.0 Å². The molecular weight excluding hydrogens is 235 g/mol. The minimum atomic E-state index is -0.381. The maximum atomic E-state index is 13.1. The standard InChI is InChI=1S/C13H19FN2O2/c1-9(15)11-5-4-10(14)8-12(11)18-7-6-13(17)16(2)3/h4-5,8-9H,6-7,15H2,1-3H3/t9-/m0/s1. The van der Waals surface area contributed by atoms with Crippen LogP contribution in [0.15, 0.2) is 18.2 Å². The van der Waals surface area contributed by atoms with E-state index in [0.29, 0.717) is 5.75 Å².